The minimum atomic E-state index is -0.124. The van der Waals surface area contributed by atoms with Gasteiger partial charge >= 0.3 is 0 Å². The van der Waals surface area contributed by atoms with E-state index in [1.165, 1.54) is 22.2 Å². The molecule has 128 valence electrons. The highest BCUT2D eigenvalue weighted by Gasteiger charge is 2.60. The number of para-hydroxylation sites is 1. The zero-order valence-corrected chi connectivity index (χ0v) is 15.5. The molecule has 4 rings (SSSR count). The van der Waals surface area contributed by atoms with Crippen molar-refractivity contribution in [2.45, 2.75) is 49.9 Å². The number of fused-ring (bicyclic) bond motifs is 5. The minimum absolute atomic E-state index is 0.0915. The van der Waals surface area contributed by atoms with E-state index in [1.807, 2.05) is 0 Å². The first kappa shape index (κ1) is 16.2. The number of rotatable bonds is 2. The van der Waals surface area contributed by atoms with Gasteiger partial charge in [0.2, 0.25) is 0 Å². The summed E-state index contributed by atoms with van der Waals surface area (Å²) in [5.41, 5.74) is 4.09. The molecule has 5 atom stereocenters. The minimum Gasteiger partial charge on any atom is -0.475 e. The summed E-state index contributed by atoms with van der Waals surface area (Å²) < 4.78 is 0. The van der Waals surface area contributed by atoms with Crippen molar-refractivity contribution < 1.29 is 5.32 Å². The summed E-state index contributed by atoms with van der Waals surface area (Å²) >= 11 is 6.89. The van der Waals surface area contributed by atoms with Gasteiger partial charge in [-0.3, -0.25) is 0 Å². The van der Waals surface area contributed by atoms with Crippen LogP contribution in [0.4, 0.5) is 0 Å². The van der Waals surface area contributed by atoms with E-state index in [2.05, 4.69) is 75.0 Å². The maximum atomic E-state index is 6.89. The number of aromatic amines is 1. The standard InChI is InChI=1S/C21H27ClN2/c1-6-21(4)15(22)11-13-17(19(21)23-5)16-12-9-7-8-10-14(12)24-18(16)20(13,2)3/h6-10,13,15,17,19,24H,1,5,11,23H2,2-4H3/t13?,15-,17?,19-,21-/m1/s1. The molecule has 0 bridgehead atoms. The fourth-order valence-electron chi connectivity index (χ4n) is 5.46. The van der Waals surface area contributed by atoms with Gasteiger partial charge in [0.25, 0.3) is 0 Å². The molecule has 1 heterocycles. The topological polar surface area (TPSA) is 32.4 Å². The summed E-state index contributed by atoms with van der Waals surface area (Å²) in [7, 11) is 4.19. The Hall–Kier alpha value is -1.25. The summed E-state index contributed by atoms with van der Waals surface area (Å²) in [5, 5.41) is 3.58. The fourth-order valence-corrected chi connectivity index (χ4v) is 5.89. The smallest absolute Gasteiger partial charge is 0.0797 e. The molecular formula is C21H27ClN2. The normalized spacial score (nSPS) is 37.2. The molecule has 2 nitrogen and oxygen atoms in total. The lowest BCUT2D eigenvalue weighted by Gasteiger charge is -2.50. The van der Waals surface area contributed by atoms with Gasteiger partial charge in [-0.05, 0) is 30.9 Å². The zero-order chi connectivity index (χ0) is 17.3. The van der Waals surface area contributed by atoms with Crippen LogP contribution in [0.3, 0.4) is 0 Å². The summed E-state index contributed by atoms with van der Waals surface area (Å²) in [5.74, 6) is 0.975. The van der Waals surface area contributed by atoms with Crippen LogP contribution in [0.25, 0.3) is 10.9 Å². The van der Waals surface area contributed by atoms with Crippen molar-refractivity contribution in [3.63, 3.8) is 0 Å². The molecule has 1 fully saturated rings. The van der Waals surface area contributed by atoms with Crippen molar-refractivity contribution in [1.29, 1.82) is 0 Å². The molecular weight excluding hydrogens is 316 g/mol. The first-order valence-electron chi connectivity index (χ1n) is 8.87. The first-order valence-corrected chi connectivity index (χ1v) is 9.31. The molecule has 3 N–H and O–H groups in total. The number of benzene rings is 1. The molecule has 2 aliphatic carbocycles. The Kier molecular flexibility index (Phi) is 3.47. The molecule has 1 aromatic heterocycles. The van der Waals surface area contributed by atoms with E-state index in [1.54, 1.807) is 0 Å². The van der Waals surface area contributed by atoms with Gasteiger partial charge in [0.1, 0.15) is 0 Å². The molecule has 0 saturated heterocycles. The number of H-pyrrole nitrogens is 1. The van der Waals surface area contributed by atoms with Crippen molar-refractivity contribution in [2.24, 2.45) is 11.3 Å². The highest BCUT2D eigenvalue weighted by molar-refractivity contribution is 6.21. The van der Waals surface area contributed by atoms with Crippen LogP contribution >= 0.6 is 11.6 Å². The number of halogens is 1. The number of aromatic nitrogens is 1. The number of hydrogen-bond donors (Lipinski definition) is 2. The summed E-state index contributed by atoms with van der Waals surface area (Å²) in [6, 6.07) is 8.98. The van der Waals surface area contributed by atoms with Crippen LogP contribution in [-0.4, -0.2) is 16.4 Å². The van der Waals surface area contributed by atoms with Crippen molar-refractivity contribution in [1.82, 2.24) is 4.98 Å². The average Bonchev–Trinajstić information content (AvgIpc) is 3.04. The van der Waals surface area contributed by atoms with E-state index in [4.69, 9.17) is 11.6 Å². The number of hydrogen-bond acceptors (Lipinski definition) is 0. The Labute approximate surface area is 149 Å². The van der Waals surface area contributed by atoms with E-state index in [0.717, 1.165) is 6.42 Å². The second kappa shape index (κ2) is 5.12. The van der Waals surface area contributed by atoms with Crippen LogP contribution in [0.5, 0.6) is 0 Å². The van der Waals surface area contributed by atoms with Gasteiger partial charge in [-0.25, -0.2) is 0 Å². The van der Waals surface area contributed by atoms with Crippen LogP contribution in [0.2, 0.25) is 0 Å². The Bertz CT molecular complexity index is 805. The molecule has 0 amide bonds. The van der Waals surface area contributed by atoms with Gasteiger partial charge in [0, 0.05) is 33.3 Å². The Morgan fingerprint density at radius 3 is 2.71 bits per heavy atom. The number of nitrogens with one attached hydrogen (secondary N) is 1. The molecule has 2 aliphatic rings. The maximum Gasteiger partial charge on any atom is 0.0797 e. The third-order valence-corrected chi connectivity index (χ3v) is 7.67. The molecule has 3 heteroatoms. The first-order chi connectivity index (χ1) is 11.4. The van der Waals surface area contributed by atoms with Gasteiger partial charge in [0.05, 0.1) is 11.5 Å². The Morgan fingerprint density at radius 1 is 1.33 bits per heavy atom. The van der Waals surface area contributed by atoms with E-state index in [0.29, 0.717) is 17.9 Å². The quantitative estimate of drug-likeness (QED) is 0.468. The third kappa shape index (κ3) is 1.82. The number of nitrogens with two attached hydrogens (primary N) is 1. The molecule has 1 saturated carbocycles. The Balaban J connectivity index is 1.98. The summed E-state index contributed by atoms with van der Waals surface area (Å²) in [6.45, 7) is 11.1. The Morgan fingerprint density at radius 2 is 2.04 bits per heavy atom. The lowest BCUT2D eigenvalue weighted by molar-refractivity contribution is -0.653. The predicted molar refractivity (Wildman–Crippen MR) is 101 cm³/mol. The van der Waals surface area contributed by atoms with E-state index in [-0.39, 0.29) is 16.2 Å². The maximum absolute atomic E-state index is 6.89. The van der Waals surface area contributed by atoms with Crippen LogP contribution in [0.1, 0.15) is 44.4 Å². The van der Waals surface area contributed by atoms with Gasteiger partial charge in [-0.1, -0.05) is 38.1 Å². The molecule has 0 aliphatic heterocycles. The molecule has 0 radical (unpaired) electrons. The second-order valence-corrected chi connectivity index (χ2v) is 8.87. The third-order valence-electron chi connectivity index (χ3n) is 7.02. The molecule has 2 aromatic rings. The zero-order valence-electron chi connectivity index (χ0n) is 14.8. The van der Waals surface area contributed by atoms with Crippen LogP contribution in [-0.2, 0) is 5.41 Å². The van der Waals surface area contributed by atoms with Crippen molar-refractivity contribution in [2.75, 3.05) is 0 Å². The van der Waals surface area contributed by atoms with Crippen molar-refractivity contribution >= 4 is 22.5 Å². The van der Waals surface area contributed by atoms with Gasteiger partial charge in [-0.2, -0.15) is 7.05 Å². The lowest BCUT2D eigenvalue weighted by atomic mass is 9.59. The SMILES string of the molecule is C=C[C@]1(C)[C@H](Cl)CC2C(c3c([nH]c4ccccc34)C2(C)C)[C@H]1[NH2+][CH2-]. The fraction of sp³-hybridized carbons (Fsp3) is 0.476. The van der Waals surface area contributed by atoms with Crippen LogP contribution in [0, 0.1) is 18.4 Å². The molecule has 24 heavy (non-hydrogen) atoms. The average molecular weight is 343 g/mol. The molecule has 1 aromatic carbocycles. The van der Waals surface area contributed by atoms with Gasteiger partial charge < -0.3 is 10.3 Å². The largest absolute Gasteiger partial charge is 0.475 e. The van der Waals surface area contributed by atoms with Crippen LogP contribution < -0.4 is 5.32 Å². The summed E-state index contributed by atoms with van der Waals surface area (Å²) in [4.78, 5) is 3.72. The highest BCUT2D eigenvalue weighted by Crippen LogP contribution is 2.61. The molecule has 0 spiro atoms. The van der Waals surface area contributed by atoms with Gasteiger partial charge in [-0.15, -0.1) is 18.2 Å². The van der Waals surface area contributed by atoms with E-state index < -0.39 is 0 Å². The van der Waals surface area contributed by atoms with Crippen molar-refractivity contribution in [3.8, 4) is 0 Å². The highest BCUT2D eigenvalue weighted by atomic mass is 35.5. The lowest BCUT2D eigenvalue weighted by Crippen LogP contribution is -2.90. The van der Waals surface area contributed by atoms with Crippen molar-refractivity contribution in [3.05, 3.63) is 55.2 Å². The van der Waals surface area contributed by atoms with E-state index >= 15 is 0 Å². The number of alkyl halides is 1. The second-order valence-electron chi connectivity index (χ2n) is 8.35. The molecule has 2 unspecified atom stereocenters. The van der Waals surface area contributed by atoms with Crippen LogP contribution in [0.15, 0.2) is 36.9 Å². The predicted octanol–water partition coefficient (Wildman–Crippen LogP) is 4.09. The monoisotopic (exact) mass is 342 g/mol. The summed E-state index contributed by atoms with van der Waals surface area (Å²) in [6.07, 6.45) is 3.08. The number of quaternary nitrogens is 1. The van der Waals surface area contributed by atoms with Gasteiger partial charge in [0.15, 0.2) is 0 Å². The van der Waals surface area contributed by atoms with E-state index in [9.17, 15) is 0 Å².